The monoisotopic (exact) mass is 357 g/mol. The number of aromatic nitrogens is 2. The predicted molar refractivity (Wildman–Crippen MR) is 100 cm³/mol. The van der Waals surface area contributed by atoms with Gasteiger partial charge in [0.05, 0.1) is 12.8 Å². The number of nitrogens with one attached hydrogen (secondary N) is 1. The van der Waals surface area contributed by atoms with Gasteiger partial charge >= 0.3 is 0 Å². The number of hydrogen-bond donors (Lipinski definition) is 1. The van der Waals surface area contributed by atoms with Crippen LogP contribution in [0, 0.1) is 20.8 Å². The van der Waals surface area contributed by atoms with Gasteiger partial charge in [0.15, 0.2) is 0 Å². The molecule has 26 heavy (non-hydrogen) atoms. The Kier molecular flexibility index (Phi) is 5.27. The molecule has 0 aliphatic carbocycles. The Hall–Kier alpha value is -2.41. The number of hydrogen-bond acceptors (Lipinski definition) is 6. The third kappa shape index (κ3) is 3.88. The molecule has 2 aromatic rings. The van der Waals surface area contributed by atoms with Crippen LogP contribution in [0.15, 0.2) is 16.7 Å². The first-order valence-corrected chi connectivity index (χ1v) is 8.94. The number of aryl methyl sites for hydroxylation is 2. The fraction of sp³-hybridized carbons (Fsp3) is 0.526. The van der Waals surface area contributed by atoms with Gasteiger partial charge in [0.2, 0.25) is 5.82 Å². The SMILES string of the molecule is Cc1coc(CN[C@@H]2CCN(c3nc(C(=O)N(C)C)nc(C)c3C)C2)c1. The molecule has 7 nitrogen and oxygen atoms in total. The van der Waals surface area contributed by atoms with Gasteiger partial charge in [-0.2, -0.15) is 0 Å². The molecule has 0 unspecified atom stereocenters. The van der Waals surface area contributed by atoms with E-state index in [0.717, 1.165) is 54.5 Å². The predicted octanol–water partition coefficient (Wildman–Crippen LogP) is 2.07. The first-order chi connectivity index (χ1) is 12.3. The summed E-state index contributed by atoms with van der Waals surface area (Å²) in [6, 6.07) is 2.42. The normalized spacial score (nSPS) is 17.0. The van der Waals surface area contributed by atoms with Crippen molar-refractivity contribution in [2.45, 2.75) is 39.8 Å². The molecule has 7 heteroatoms. The van der Waals surface area contributed by atoms with Gasteiger partial charge in [0.1, 0.15) is 11.6 Å². The molecule has 1 atom stereocenters. The number of anilines is 1. The second kappa shape index (κ2) is 7.45. The smallest absolute Gasteiger partial charge is 0.291 e. The number of nitrogens with zero attached hydrogens (tertiary/aromatic N) is 4. The van der Waals surface area contributed by atoms with E-state index < -0.39 is 0 Å². The summed E-state index contributed by atoms with van der Waals surface area (Å²) in [5, 5.41) is 3.55. The molecule has 0 aromatic carbocycles. The maximum Gasteiger partial charge on any atom is 0.291 e. The minimum Gasteiger partial charge on any atom is -0.468 e. The summed E-state index contributed by atoms with van der Waals surface area (Å²) >= 11 is 0. The van der Waals surface area contributed by atoms with Gasteiger partial charge in [-0.05, 0) is 38.8 Å². The maximum atomic E-state index is 12.3. The highest BCUT2D eigenvalue weighted by Gasteiger charge is 2.26. The molecule has 0 radical (unpaired) electrons. The fourth-order valence-electron chi connectivity index (χ4n) is 3.16. The third-order valence-corrected chi connectivity index (χ3v) is 4.80. The van der Waals surface area contributed by atoms with E-state index in [4.69, 9.17) is 4.42 Å². The first-order valence-electron chi connectivity index (χ1n) is 8.94. The summed E-state index contributed by atoms with van der Waals surface area (Å²) in [6.45, 7) is 8.45. The van der Waals surface area contributed by atoms with E-state index in [1.807, 2.05) is 20.8 Å². The highest BCUT2D eigenvalue weighted by molar-refractivity contribution is 5.90. The lowest BCUT2D eigenvalue weighted by Crippen LogP contribution is -2.33. The Bertz CT molecular complexity index is 799. The van der Waals surface area contributed by atoms with Crippen molar-refractivity contribution in [3.05, 3.63) is 40.7 Å². The standard InChI is InChI=1S/C19H27N5O2/c1-12-8-16(26-11-12)9-20-15-6-7-24(10-15)18-13(2)14(3)21-17(22-18)19(25)23(4)5/h8,11,15,20H,6-7,9-10H2,1-5H3/t15-/m1/s1. The van der Waals surface area contributed by atoms with Crippen molar-refractivity contribution >= 4 is 11.7 Å². The molecule has 3 rings (SSSR count). The number of carbonyl (C=O) groups is 1. The summed E-state index contributed by atoms with van der Waals surface area (Å²) in [5.41, 5.74) is 3.02. The molecule has 140 valence electrons. The zero-order valence-electron chi connectivity index (χ0n) is 16.2. The zero-order valence-corrected chi connectivity index (χ0v) is 16.2. The van der Waals surface area contributed by atoms with Crippen molar-refractivity contribution in [1.82, 2.24) is 20.2 Å². The van der Waals surface area contributed by atoms with Crippen molar-refractivity contribution in [2.75, 3.05) is 32.1 Å². The topological polar surface area (TPSA) is 74.5 Å². The largest absolute Gasteiger partial charge is 0.468 e. The minimum atomic E-state index is -0.170. The van der Waals surface area contributed by atoms with E-state index in [2.05, 4.69) is 26.3 Å². The molecule has 3 heterocycles. The number of rotatable bonds is 5. The second-order valence-electron chi connectivity index (χ2n) is 7.18. The molecule has 1 saturated heterocycles. The summed E-state index contributed by atoms with van der Waals surface area (Å²) in [4.78, 5) is 24.9. The number of amides is 1. The lowest BCUT2D eigenvalue weighted by Gasteiger charge is -2.22. The van der Waals surface area contributed by atoms with Crippen LogP contribution in [0.3, 0.4) is 0 Å². The van der Waals surface area contributed by atoms with Gasteiger partial charge in [0.25, 0.3) is 5.91 Å². The Morgan fingerprint density at radius 1 is 1.35 bits per heavy atom. The molecule has 1 fully saturated rings. The quantitative estimate of drug-likeness (QED) is 0.883. The van der Waals surface area contributed by atoms with E-state index >= 15 is 0 Å². The lowest BCUT2D eigenvalue weighted by atomic mass is 10.2. The highest BCUT2D eigenvalue weighted by Crippen LogP contribution is 2.24. The molecule has 0 spiro atoms. The Morgan fingerprint density at radius 3 is 2.77 bits per heavy atom. The molecule has 0 bridgehead atoms. The van der Waals surface area contributed by atoms with Gasteiger partial charge in [-0.25, -0.2) is 9.97 Å². The van der Waals surface area contributed by atoms with Crippen LogP contribution in [0.5, 0.6) is 0 Å². The van der Waals surface area contributed by atoms with E-state index in [9.17, 15) is 4.79 Å². The zero-order chi connectivity index (χ0) is 18.8. The molecule has 1 N–H and O–H groups in total. The summed E-state index contributed by atoms with van der Waals surface area (Å²) in [6.07, 6.45) is 2.80. The molecule has 1 aliphatic heterocycles. The van der Waals surface area contributed by atoms with Crippen LogP contribution in [0.4, 0.5) is 5.82 Å². The van der Waals surface area contributed by atoms with Crippen molar-refractivity contribution in [2.24, 2.45) is 0 Å². The van der Waals surface area contributed by atoms with Crippen molar-refractivity contribution in [1.29, 1.82) is 0 Å². The number of carbonyl (C=O) groups excluding carboxylic acids is 1. The van der Waals surface area contributed by atoms with Gasteiger partial charge in [0, 0.05) is 44.5 Å². The first kappa shape index (κ1) is 18.4. The van der Waals surface area contributed by atoms with E-state index in [1.54, 1.807) is 20.4 Å². The lowest BCUT2D eigenvalue weighted by molar-refractivity contribution is 0.0815. The molecule has 1 amide bonds. The van der Waals surface area contributed by atoms with Gasteiger partial charge < -0.3 is 19.5 Å². The Balaban J connectivity index is 1.70. The van der Waals surface area contributed by atoms with Crippen molar-refractivity contribution in [3.63, 3.8) is 0 Å². The minimum absolute atomic E-state index is 0.170. The maximum absolute atomic E-state index is 12.3. The van der Waals surface area contributed by atoms with Crippen LogP contribution < -0.4 is 10.2 Å². The molecular weight excluding hydrogens is 330 g/mol. The third-order valence-electron chi connectivity index (χ3n) is 4.80. The highest BCUT2D eigenvalue weighted by atomic mass is 16.3. The fourth-order valence-corrected chi connectivity index (χ4v) is 3.16. The van der Waals surface area contributed by atoms with Gasteiger partial charge in [-0.15, -0.1) is 0 Å². The molecule has 2 aromatic heterocycles. The molecule has 1 aliphatic rings. The summed E-state index contributed by atoms with van der Waals surface area (Å²) in [5.74, 6) is 1.90. The van der Waals surface area contributed by atoms with Crippen LogP contribution in [0.25, 0.3) is 0 Å². The van der Waals surface area contributed by atoms with Crippen LogP contribution in [-0.2, 0) is 6.54 Å². The van der Waals surface area contributed by atoms with Gasteiger partial charge in [-0.3, -0.25) is 4.79 Å². The summed E-state index contributed by atoms with van der Waals surface area (Å²) in [7, 11) is 3.43. The van der Waals surface area contributed by atoms with Crippen molar-refractivity contribution in [3.8, 4) is 0 Å². The second-order valence-corrected chi connectivity index (χ2v) is 7.18. The average molecular weight is 357 g/mol. The molecule has 0 saturated carbocycles. The summed E-state index contributed by atoms with van der Waals surface area (Å²) < 4.78 is 5.50. The number of furan rings is 1. The van der Waals surface area contributed by atoms with Crippen LogP contribution >= 0.6 is 0 Å². The van der Waals surface area contributed by atoms with Gasteiger partial charge in [-0.1, -0.05) is 0 Å². The Labute approximate surface area is 154 Å². The molecular formula is C19H27N5O2. The van der Waals surface area contributed by atoms with E-state index in [-0.39, 0.29) is 11.7 Å². The Morgan fingerprint density at radius 2 is 2.12 bits per heavy atom. The average Bonchev–Trinajstić information content (AvgIpc) is 3.23. The van der Waals surface area contributed by atoms with Crippen LogP contribution in [-0.4, -0.2) is 54.0 Å². The van der Waals surface area contributed by atoms with Crippen LogP contribution in [0.1, 0.15) is 39.6 Å². The van der Waals surface area contributed by atoms with E-state index in [0.29, 0.717) is 6.04 Å². The van der Waals surface area contributed by atoms with E-state index in [1.165, 1.54) is 4.90 Å². The van der Waals surface area contributed by atoms with Crippen molar-refractivity contribution < 1.29 is 9.21 Å². The van der Waals surface area contributed by atoms with Crippen LogP contribution in [0.2, 0.25) is 0 Å².